The zero-order valence-electron chi connectivity index (χ0n) is 12.9. The van der Waals surface area contributed by atoms with Crippen molar-refractivity contribution in [3.05, 3.63) is 34.6 Å². The van der Waals surface area contributed by atoms with E-state index in [0.29, 0.717) is 10.8 Å². The Morgan fingerprint density at radius 3 is 2.91 bits per heavy atom. The van der Waals surface area contributed by atoms with Gasteiger partial charge < -0.3 is 5.32 Å². The van der Waals surface area contributed by atoms with Crippen LogP contribution in [0.3, 0.4) is 0 Å². The fraction of sp³-hybridized carbons (Fsp3) is 0.267. The number of aryl methyl sites for hydroxylation is 2. The van der Waals surface area contributed by atoms with Gasteiger partial charge in [0.1, 0.15) is 0 Å². The summed E-state index contributed by atoms with van der Waals surface area (Å²) in [4.78, 5) is 16.6. The molecule has 23 heavy (non-hydrogen) atoms. The van der Waals surface area contributed by atoms with Crippen molar-refractivity contribution in [1.82, 2.24) is 14.8 Å². The molecule has 0 saturated heterocycles. The highest BCUT2D eigenvalue weighted by atomic mass is 35.5. The molecule has 0 atom stereocenters. The van der Waals surface area contributed by atoms with Gasteiger partial charge in [0.05, 0.1) is 33.0 Å². The van der Waals surface area contributed by atoms with E-state index in [-0.39, 0.29) is 5.91 Å². The zero-order valence-corrected chi connectivity index (χ0v) is 15.3. The van der Waals surface area contributed by atoms with Crippen LogP contribution in [0.1, 0.15) is 11.4 Å². The molecule has 2 heterocycles. The first-order valence-corrected chi connectivity index (χ1v) is 9.11. The molecule has 2 aromatic heterocycles. The third kappa shape index (κ3) is 3.52. The largest absolute Gasteiger partial charge is 0.322 e. The molecule has 1 N–H and O–H groups in total. The van der Waals surface area contributed by atoms with Crippen molar-refractivity contribution >= 4 is 56.5 Å². The van der Waals surface area contributed by atoms with E-state index in [4.69, 9.17) is 11.6 Å². The van der Waals surface area contributed by atoms with Crippen molar-refractivity contribution in [2.24, 2.45) is 7.05 Å². The number of thiazole rings is 1. The number of anilines is 1. The van der Waals surface area contributed by atoms with Gasteiger partial charge in [-0.2, -0.15) is 5.10 Å². The van der Waals surface area contributed by atoms with Crippen molar-refractivity contribution < 1.29 is 4.79 Å². The number of carbonyl (C=O) groups excluding carboxylic acids is 1. The number of fused-ring (bicyclic) bond motifs is 1. The molecule has 3 rings (SSSR count). The molecule has 0 bridgehead atoms. The van der Waals surface area contributed by atoms with Gasteiger partial charge in [0, 0.05) is 12.1 Å². The fourth-order valence-electron chi connectivity index (χ4n) is 2.20. The Morgan fingerprint density at radius 1 is 1.43 bits per heavy atom. The number of nitrogens with zero attached hydrogens (tertiary/aromatic N) is 3. The summed E-state index contributed by atoms with van der Waals surface area (Å²) in [6, 6.07) is 5.62. The lowest BCUT2D eigenvalue weighted by molar-refractivity contribution is -0.113. The van der Waals surface area contributed by atoms with Crippen LogP contribution >= 0.6 is 34.7 Å². The minimum atomic E-state index is -0.0634. The van der Waals surface area contributed by atoms with E-state index in [1.807, 2.05) is 39.1 Å². The van der Waals surface area contributed by atoms with E-state index < -0.39 is 0 Å². The van der Waals surface area contributed by atoms with E-state index >= 15 is 0 Å². The number of amides is 1. The third-order valence-corrected chi connectivity index (χ3v) is 5.84. The maximum Gasteiger partial charge on any atom is 0.234 e. The van der Waals surface area contributed by atoms with Crippen LogP contribution in [0.5, 0.6) is 0 Å². The summed E-state index contributed by atoms with van der Waals surface area (Å²) in [6.45, 7) is 3.81. The molecule has 0 aliphatic carbocycles. The van der Waals surface area contributed by atoms with E-state index in [9.17, 15) is 4.79 Å². The molecule has 0 unspecified atom stereocenters. The minimum Gasteiger partial charge on any atom is -0.322 e. The molecular weight excluding hydrogens is 352 g/mol. The SMILES string of the molecule is Cc1nn(C)c(C)c1NC(=O)CSc1nc2cc(Cl)ccc2s1. The molecule has 0 aliphatic rings. The lowest BCUT2D eigenvalue weighted by Crippen LogP contribution is -2.15. The summed E-state index contributed by atoms with van der Waals surface area (Å²) >= 11 is 8.95. The standard InChI is InChI=1S/C15H15ClN4OS2/c1-8-14(9(2)20(3)19-8)18-13(21)7-22-15-17-11-6-10(16)4-5-12(11)23-15/h4-6H,7H2,1-3H3,(H,18,21). The summed E-state index contributed by atoms with van der Waals surface area (Å²) in [7, 11) is 1.86. The van der Waals surface area contributed by atoms with Crippen LogP contribution < -0.4 is 5.32 Å². The van der Waals surface area contributed by atoms with Crippen LogP contribution in [0.25, 0.3) is 10.2 Å². The summed E-state index contributed by atoms with van der Waals surface area (Å²) in [5.74, 6) is 0.243. The van der Waals surface area contributed by atoms with Crippen LogP contribution in [-0.2, 0) is 11.8 Å². The smallest absolute Gasteiger partial charge is 0.234 e. The van der Waals surface area contributed by atoms with E-state index in [2.05, 4.69) is 15.4 Å². The van der Waals surface area contributed by atoms with Crippen molar-refractivity contribution in [1.29, 1.82) is 0 Å². The normalized spacial score (nSPS) is 11.1. The first kappa shape index (κ1) is 16.3. The number of carbonyl (C=O) groups is 1. The predicted octanol–water partition coefficient (Wildman–Crippen LogP) is 4.03. The number of benzene rings is 1. The lowest BCUT2D eigenvalue weighted by atomic mass is 10.3. The molecule has 0 saturated carbocycles. The molecular formula is C15H15ClN4OS2. The Kier molecular flexibility index (Phi) is 4.61. The zero-order chi connectivity index (χ0) is 16.6. The predicted molar refractivity (Wildman–Crippen MR) is 96.7 cm³/mol. The van der Waals surface area contributed by atoms with Crippen LogP contribution in [0.4, 0.5) is 5.69 Å². The molecule has 5 nitrogen and oxygen atoms in total. The highest BCUT2D eigenvalue weighted by Gasteiger charge is 2.13. The Labute approximate surface area is 147 Å². The average molecular weight is 367 g/mol. The van der Waals surface area contributed by atoms with Gasteiger partial charge in [-0.25, -0.2) is 4.98 Å². The van der Waals surface area contributed by atoms with Crippen molar-refractivity contribution in [2.75, 3.05) is 11.1 Å². The molecule has 0 fully saturated rings. The quantitative estimate of drug-likeness (QED) is 0.708. The highest BCUT2D eigenvalue weighted by Crippen LogP contribution is 2.31. The number of nitrogens with one attached hydrogen (secondary N) is 1. The molecule has 0 radical (unpaired) electrons. The fourth-order valence-corrected chi connectivity index (χ4v) is 4.21. The first-order chi connectivity index (χ1) is 10.9. The van der Waals surface area contributed by atoms with Gasteiger partial charge in [0.2, 0.25) is 5.91 Å². The maximum absolute atomic E-state index is 12.2. The summed E-state index contributed by atoms with van der Waals surface area (Å²) < 4.78 is 3.68. The summed E-state index contributed by atoms with van der Waals surface area (Å²) in [5, 5.41) is 7.88. The topological polar surface area (TPSA) is 59.8 Å². The van der Waals surface area contributed by atoms with Gasteiger partial charge >= 0.3 is 0 Å². The van der Waals surface area contributed by atoms with Crippen molar-refractivity contribution in [2.45, 2.75) is 18.2 Å². The molecule has 120 valence electrons. The first-order valence-electron chi connectivity index (χ1n) is 6.93. The monoisotopic (exact) mass is 366 g/mol. The number of hydrogen-bond donors (Lipinski definition) is 1. The molecule has 0 spiro atoms. The number of thioether (sulfide) groups is 1. The molecule has 8 heteroatoms. The Balaban J connectivity index is 1.66. The van der Waals surface area contributed by atoms with Crippen LogP contribution in [-0.4, -0.2) is 26.4 Å². The Morgan fingerprint density at radius 2 is 2.22 bits per heavy atom. The number of rotatable bonds is 4. The second kappa shape index (κ2) is 6.51. The van der Waals surface area contributed by atoms with E-state index in [1.54, 1.807) is 16.0 Å². The average Bonchev–Trinajstić information content (AvgIpc) is 3.00. The van der Waals surface area contributed by atoms with Gasteiger partial charge in [-0.05, 0) is 32.0 Å². The third-order valence-electron chi connectivity index (χ3n) is 3.43. The number of halogens is 1. The van der Waals surface area contributed by atoms with Gasteiger partial charge in [0.25, 0.3) is 0 Å². The molecule has 1 aromatic carbocycles. The Hall–Kier alpha value is -1.57. The summed E-state index contributed by atoms with van der Waals surface area (Å²) in [6.07, 6.45) is 0. The van der Waals surface area contributed by atoms with Gasteiger partial charge in [0.15, 0.2) is 4.34 Å². The molecule has 0 aliphatic heterocycles. The summed E-state index contributed by atoms with van der Waals surface area (Å²) in [5.41, 5.74) is 3.41. The minimum absolute atomic E-state index is 0.0634. The van der Waals surface area contributed by atoms with Gasteiger partial charge in [-0.3, -0.25) is 9.48 Å². The highest BCUT2D eigenvalue weighted by molar-refractivity contribution is 8.01. The lowest BCUT2D eigenvalue weighted by Gasteiger charge is -2.04. The van der Waals surface area contributed by atoms with E-state index in [0.717, 1.165) is 31.6 Å². The van der Waals surface area contributed by atoms with Crippen molar-refractivity contribution in [3.63, 3.8) is 0 Å². The number of aromatic nitrogens is 3. The number of hydrogen-bond acceptors (Lipinski definition) is 5. The maximum atomic E-state index is 12.2. The van der Waals surface area contributed by atoms with Gasteiger partial charge in [-0.15, -0.1) is 11.3 Å². The van der Waals surface area contributed by atoms with Crippen molar-refractivity contribution in [3.8, 4) is 0 Å². The molecule has 3 aromatic rings. The Bertz CT molecular complexity index is 887. The van der Waals surface area contributed by atoms with Crippen LogP contribution in [0.15, 0.2) is 22.5 Å². The van der Waals surface area contributed by atoms with E-state index in [1.165, 1.54) is 11.8 Å². The second-order valence-corrected chi connectivity index (χ2v) is 7.79. The molecule has 1 amide bonds. The second-order valence-electron chi connectivity index (χ2n) is 5.10. The van der Waals surface area contributed by atoms with Crippen LogP contribution in [0, 0.1) is 13.8 Å². The van der Waals surface area contributed by atoms with Gasteiger partial charge in [-0.1, -0.05) is 23.4 Å². The van der Waals surface area contributed by atoms with Crippen LogP contribution in [0.2, 0.25) is 5.02 Å².